The van der Waals surface area contributed by atoms with Gasteiger partial charge < -0.3 is 0 Å². The molecule has 0 radical (unpaired) electrons. The summed E-state index contributed by atoms with van der Waals surface area (Å²) < 4.78 is 0. The van der Waals surface area contributed by atoms with Crippen molar-refractivity contribution in [1.29, 1.82) is 0 Å². The molecule has 1 fully saturated rings. The zero-order valence-corrected chi connectivity index (χ0v) is 14.5. The third-order valence-corrected chi connectivity index (χ3v) is 6.77. The van der Waals surface area contributed by atoms with Crippen LogP contribution >= 0.6 is 0 Å². The van der Waals surface area contributed by atoms with Crippen molar-refractivity contribution in [1.82, 2.24) is 0 Å². The van der Waals surface area contributed by atoms with E-state index in [1.54, 1.807) is 0 Å². The van der Waals surface area contributed by atoms with E-state index in [0.29, 0.717) is 11.8 Å². The molecule has 0 aliphatic heterocycles. The van der Waals surface area contributed by atoms with Crippen LogP contribution in [0.4, 0.5) is 0 Å². The van der Waals surface area contributed by atoms with Gasteiger partial charge in [0.1, 0.15) is 0 Å². The van der Waals surface area contributed by atoms with Gasteiger partial charge >= 0.3 is 0 Å². The maximum atomic E-state index is 4.25. The first-order valence-corrected chi connectivity index (χ1v) is 9.08. The number of hydrogen-bond acceptors (Lipinski definition) is 0. The second-order valence-corrected chi connectivity index (χ2v) is 7.58. The molecular weight excluding hydrogens is 300 g/mol. The number of benzene rings is 3. The van der Waals surface area contributed by atoms with E-state index in [1.807, 2.05) is 0 Å². The molecule has 0 amide bonds. The van der Waals surface area contributed by atoms with Gasteiger partial charge in [0.25, 0.3) is 0 Å². The van der Waals surface area contributed by atoms with Crippen LogP contribution in [0.1, 0.15) is 41.0 Å². The van der Waals surface area contributed by atoms with Gasteiger partial charge in [0.15, 0.2) is 0 Å². The molecule has 4 unspecified atom stereocenters. The van der Waals surface area contributed by atoms with Crippen LogP contribution < -0.4 is 0 Å². The van der Waals surface area contributed by atoms with Crippen molar-refractivity contribution in [2.75, 3.05) is 0 Å². The van der Waals surface area contributed by atoms with Crippen LogP contribution in [-0.2, 0) is 10.8 Å². The highest BCUT2D eigenvalue weighted by Gasteiger charge is 2.81. The zero-order valence-electron chi connectivity index (χ0n) is 14.5. The summed E-state index contributed by atoms with van der Waals surface area (Å²) in [6.45, 7) is 6.71. The summed E-state index contributed by atoms with van der Waals surface area (Å²) >= 11 is 0. The summed E-state index contributed by atoms with van der Waals surface area (Å²) in [5.41, 5.74) is 6.02. The highest BCUT2D eigenvalue weighted by atomic mass is 14.8. The third-order valence-electron chi connectivity index (χ3n) is 6.77. The average molecular weight is 322 g/mol. The lowest BCUT2D eigenvalue weighted by Crippen LogP contribution is -2.19. The van der Waals surface area contributed by atoms with Crippen LogP contribution in [0, 0.1) is 0 Å². The lowest BCUT2D eigenvalue weighted by molar-refractivity contribution is 0.566. The van der Waals surface area contributed by atoms with Gasteiger partial charge in [0.05, 0.1) is 0 Å². The molecule has 0 heterocycles. The smallest absolute Gasteiger partial charge is 0.0234 e. The molecule has 0 saturated heterocycles. The Kier molecular flexibility index (Phi) is 2.92. The van der Waals surface area contributed by atoms with E-state index in [1.165, 1.54) is 22.3 Å². The molecule has 0 aromatic heterocycles. The molecule has 0 nitrogen and oxygen atoms in total. The number of fused-ring (bicyclic) bond motifs is 3. The van der Waals surface area contributed by atoms with Gasteiger partial charge in [-0.15, -0.1) is 6.58 Å². The first kappa shape index (κ1) is 14.7. The lowest BCUT2D eigenvalue weighted by atomic mass is 9.77. The predicted molar refractivity (Wildman–Crippen MR) is 104 cm³/mol. The Hall–Kier alpha value is -2.60. The van der Waals surface area contributed by atoms with Gasteiger partial charge in [-0.3, -0.25) is 0 Å². The Balaban J connectivity index is 1.82. The zero-order chi connectivity index (χ0) is 17.1. The van der Waals surface area contributed by atoms with Crippen molar-refractivity contribution in [3.63, 3.8) is 0 Å². The predicted octanol–water partition coefficient (Wildman–Crippen LogP) is 5.96. The Morgan fingerprint density at radius 3 is 2.08 bits per heavy atom. The second-order valence-electron chi connectivity index (χ2n) is 7.58. The minimum absolute atomic E-state index is 0.0705. The molecule has 0 heteroatoms. The van der Waals surface area contributed by atoms with Crippen LogP contribution in [0.3, 0.4) is 0 Å². The monoisotopic (exact) mass is 322 g/mol. The van der Waals surface area contributed by atoms with Crippen molar-refractivity contribution < 1.29 is 0 Å². The van der Waals surface area contributed by atoms with Crippen LogP contribution in [0.2, 0.25) is 0 Å². The first-order chi connectivity index (χ1) is 12.3. The largest absolute Gasteiger partial charge is 0.102 e. The summed E-state index contributed by atoms with van der Waals surface area (Å²) in [5, 5.41) is 0. The minimum Gasteiger partial charge on any atom is -0.102 e. The van der Waals surface area contributed by atoms with Gasteiger partial charge in [-0.25, -0.2) is 0 Å². The molecule has 3 aromatic carbocycles. The second kappa shape index (κ2) is 4.95. The summed E-state index contributed by atoms with van der Waals surface area (Å²) in [5.74, 6) is 0.836. The Morgan fingerprint density at radius 2 is 1.40 bits per heavy atom. The third kappa shape index (κ3) is 1.58. The van der Waals surface area contributed by atoms with E-state index < -0.39 is 0 Å². The van der Waals surface area contributed by atoms with E-state index in [0.717, 1.165) is 0 Å². The van der Waals surface area contributed by atoms with Crippen LogP contribution in [0.5, 0.6) is 0 Å². The summed E-state index contributed by atoms with van der Waals surface area (Å²) in [6.07, 6.45) is 2.18. The maximum absolute atomic E-state index is 4.25. The molecule has 122 valence electrons. The SMILES string of the molecule is C=CC1c2ccccc2C2(C)C(c3ccccc3)C12c1ccccc1. The molecule has 0 bridgehead atoms. The molecule has 1 saturated carbocycles. The number of hydrogen-bond donors (Lipinski definition) is 0. The van der Waals surface area contributed by atoms with E-state index in [4.69, 9.17) is 0 Å². The summed E-state index contributed by atoms with van der Waals surface area (Å²) in [6, 6.07) is 31.1. The van der Waals surface area contributed by atoms with E-state index in [-0.39, 0.29) is 10.8 Å². The molecule has 2 aliphatic carbocycles. The van der Waals surface area contributed by atoms with Gasteiger partial charge in [-0.2, -0.15) is 0 Å². The van der Waals surface area contributed by atoms with E-state index in [9.17, 15) is 0 Å². The molecule has 5 rings (SSSR count). The standard InChI is InChI=1S/C25H22/c1-3-21-20-16-10-11-17-22(20)24(2)23(18-12-6-4-7-13-18)25(21,24)19-14-8-5-9-15-19/h3-17,21,23H,1H2,2H3. The Labute approximate surface area is 149 Å². The van der Waals surface area contributed by atoms with Crippen LogP contribution in [0.15, 0.2) is 97.6 Å². The maximum Gasteiger partial charge on any atom is 0.0234 e. The van der Waals surface area contributed by atoms with Crippen molar-refractivity contribution in [3.05, 3.63) is 120 Å². The fourth-order valence-corrected chi connectivity index (χ4v) is 5.93. The topological polar surface area (TPSA) is 0 Å². The van der Waals surface area contributed by atoms with Crippen molar-refractivity contribution in [2.45, 2.75) is 29.6 Å². The number of allylic oxidation sites excluding steroid dienone is 1. The van der Waals surface area contributed by atoms with Gasteiger partial charge in [-0.1, -0.05) is 97.9 Å². The molecule has 2 aliphatic rings. The first-order valence-electron chi connectivity index (χ1n) is 9.08. The van der Waals surface area contributed by atoms with Crippen molar-refractivity contribution >= 4 is 0 Å². The van der Waals surface area contributed by atoms with Gasteiger partial charge in [0, 0.05) is 22.7 Å². The fraction of sp³-hybridized carbons (Fsp3) is 0.200. The van der Waals surface area contributed by atoms with Crippen LogP contribution in [-0.4, -0.2) is 0 Å². The summed E-state index contributed by atoms with van der Waals surface area (Å²) in [7, 11) is 0. The fourth-order valence-electron chi connectivity index (χ4n) is 5.93. The highest BCUT2D eigenvalue weighted by molar-refractivity contribution is 5.70. The summed E-state index contributed by atoms with van der Waals surface area (Å²) in [4.78, 5) is 0. The number of rotatable bonds is 3. The van der Waals surface area contributed by atoms with Gasteiger partial charge in [0.2, 0.25) is 0 Å². The molecule has 0 N–H and O–H groups in total. The molecule has 3 aromatic rings. The molecule has 4 atom stereocenters. The molecule has 0 spiro atoms. The lowest BCUT2D eigenvalue weighted by Gasteiger charge is -2.25. The average Bonchev–Trinajstić information content (AvgIpc) is 3.17. The molecule has 25 heavy (non-hydrogen) atoms. The van der Waals surface area contributed by atoms with Gasteiger partial charge in [-0.05, 0) is 22.3 Å². The van der Waals surface area contributed by atoms with Crippen molar-refractivity contribution in [2.24, 2.45) is 0 Å². The quantitative estimate of drug-likeness (QED) is 0.522. The van der Waals surface area contributed by atoms with E-state index in [2.05, 4.69) is 105 Å². The minimum atomic E-state index is 0.0705. The Morgan fingerprint density at radius 1 is 0.800 bits per heavy atom. The normalized spacial score (nSPS) is 31.9. The highest BCUT2D eigenvalue weighted by Crippen LogP contribution is 2.83. The van der Waals surface area contributed by atoms with Crippen molar-refractivity contribution in [3.8, 4) is 0 Å². The van der Waals surface area contributed by atoms with Crippen LogP contribution in [0.25, 0.3) is 0 Å². The molecular formula is C25H22. The van der Waals surface area contributed by atoms with E-state index >= 15 is 0 Å². The Bertz CT molecular complexity index is 940.